The SMILES string of the molecule is Cc1cccc2c1C(C)C(C)(C)N=C2c1cc2cccc(C)c2nn1. The summed E-state index contributed by atoms with van der Waals surface area (Å²) in [7, 11) is 0. The van der Waals surface area contributed by atoms with Gasteiger partial charge in [0.15, 0.2) is 0 Å². The van der Waals surface area contributed by atoms with Gasteiger partial charge in [0.1, 0.15) is 5.69 Å². The molecule has 0 saturated carbocycles. The maximum Gasteiger partial charge on any atom is 0.112 e. The lowest BCUT2D eigenvalue weighted by atomic mass is 9.75. The number of aryl methyl sites for hydroxylation is 2. The van der Waals surface area contributed by atoms with Crippen molar-refractivity contribution in [3.8, 4) is 0 Å². The zero-order valence-corrected chi connectivity index (χ0v) is 15.5. The highest BCUT2D eigenvalue weighted by Crippen LogP contribution is 2.40. The average Bonchev–Trinajstić information content (AvgIpc) is 2.58. The normalized spacial score (nSPS) is 18.8. The van der Waals surface area contributed by atoms with Gasteiger partial charge in [0.2, 0.25) is 0 Å². The van der Waals surface area contributed by atoms with Crippen LogP contribution in [0, 0.1) is 13.8 Å². The molecule has 0 bridgehead atoms. The van der Waals surface area contributed by atoms with Crippen LogP contribution >= 0.6 is 0 Å². The fraction of sp³-hybridized carbons (Fsp3) is 0.318. The van der Waals surface area contributed by atoms with Gasteiger partial charge in [-0.25, -0.2) is 0 Å². The zero-order chi connectivity index (χ0) is 17.8. The van der Waals surface area contributed by atoms with Gasteiger partial charge in [-0.15, -0.1) is 10.2 Å². The largest absolute Gasteiger partial charge is 0.276 e. The molecule has 3 nitrogen and oxygen atoms in total. The van der Waals surface area contributed by atoms with Crippen LogP contribution in [0.15, 0.2) is 47.5 Å². The smallest absolute Gasteiger partial charge is 0.112 e. The van der Waals surface area contributed by atoms with Crippen LogP contribution in [0.25, 0.3) is 10.9 Å². The van der Waals surface area contributed by atoms with Crippen molar-refractivity contribution in [2.45, 2.75) is 46.1 Å². The minimum atomic E-state index is -0.169. The molecule has 1 atom stereocenters. The molecule has 0 amide bonds. The third-order valence-electron chi connectivity index (χ3n) is 5.53. The lowest BCUT2D eigenvalue weighted by Crippen LogP contribution is -2.34. The summed E-state index contributed by atoms with van der Waals surface area (Å²) < 4.78 is 0. The van der Waals surface area contributed by atoms with E-state index in [4.69, 9.17) is 4.99 Å². The fourth-order valence-electron chi connectivity index (χ4n) is 3.79. The van der Waals surface area contributed by atoms with Crippen LogP contribution in [-0.2, 0) is 0 Å². The summed E-state index contributed by atoms with van der Waals surface area (Å²) in [6.45, 7) is 10.9. The Labute approximate surface area is 148 Å². The second-order valence-electron chi connectivity index (χ2n) is 7.61. The van der Waals surface area contributed by atoms with E-state index in [1.165, 1.54) is 16.7 Å². The average molecular weight is 329 g/mol. The Morgan fingerprint density at radius 1 is 0.920 bits per heavy atom. The second kappa shape index (κ2) is 5.48. The molecule has 2 aromatic carbocycles. The van der Waals surface area contributed by atoms with E-state index in [-0.39, 0.29) is 5.54 Å². The third-order valence-corrected chi connectivity index (χ3v) is 5.53. The first-order valence-electron chi connectivity index (χ1n) is 8.81. The van der Waals surface area contributed by atoms with E-state index in [2.05, 4.69) is 87.3 Å². The molecule has 1 aliphatic rings. The van der Waals surface area contributed by atoms with Crippen LogP contribution in [-0.4, -0.2) is 21.4 Å². The maximum atomic E-state index is 5.09. The molecule has 0 saturated heterocycles. The van der Waals surface area contributed by atoms with E-state index in [0.717, 1.165) is 27.9 Å². The van der Waals surface area contributed by atoms with Crippen LogP contribution in [0.1, 0.15) is 54.6 Å². The molecule has 0 aliphatic carbocycles. The summed E-state index contributed by atoms with van der Waals surface area (Å²) in [6, 6.07) is 14.8. The molecule has 0 radical (unpaired) electrons. The molecular weight excluding hydrogens is 306 g/mol. The Hall–Kier alpha value is -2.55. The Morgan fingerprint density at radius 3 is 2.44 bits per heavy atom. The predicted octanol–water partition coefficient (Wildman–Crippen LogP) is 4.98. The first kappa shape index (κ1) is 15.9. The van der Waals surface area contributed by atoms with Gasteiger partial charge >= 0.3 is 0 Å². The lowest BCUT2D eigenvalue weighted by molar-refractivity contribution is 0.430. The van der Waals surface area contributed by atoms with Gasteiger partial charge in [0, 0.05) is 16.9 Å². The van der Waals surface area contributed by atoms with Gasteiger partial charge < -0.3 is 0 Å². The first-order chi connectivity index (χ1) is 11.9. The third kappa shape index (κ3) is 2.46. The molecular formula is C22H23N3. The summed E-state index contributed by atoms with van der Waals surface area (Å²) in [5, 5.41) is 10.1. The Bertz CT molecular complexity index is 1010. The molecule has 0 spiro atoms. The van der Waals surface area contributed by atoms with Gasteiger partial charge in [-0.3, -0.25) is 4.99 Å². The van der Waals surface area contributed by atoms with Crippen molar-refractivity contribution in [3.05, 3.63) is 70.4 Å². The number of hydrogen-bond acceptors (Lipinski definition) is 3. The fourth-order valence-corrected chi connectivity index (χ4v) is 3.79. The highest BCUT2D eigenvalue weighted by atomic mass is 15.1. The monoisotopic (exact) mass is 329 g/mol. The molecule has 3 heteroatoms. The van der Waals surface area contributed by atoms with E-state index in [9.17, 15) is 0 Å². The highest BCUT2D eigenvalue weighted by molar-refractivity contribution is 6.14. The van der Waals surface area contributed by atoms with Crippen molar-refractivity contribution in [2.75, 3.05) is 0 Å². The second-order valence-corrected chi connectivity index (χ2v) is 7.61. The quantitative estimate of drug-likeness (QED) is 0.631. The maximum absolute atomic E-state index is 5.09. The minimum Gasteiger partial charge on any atom is -0.276 e. The van der Waals surface area contributed by atoms with E-state index in [1.54, 1.807) is 0 Å². The van der Waals surface area contributed by atoms with E-state index < -0.39 is 0 Å². The van der Waals surface area contributed by atoms with E-state index >= 15 is 0 Å². The Kier molecular flexibility index (Phi) is 3.50. The molecule has 0 N–H and O–H groups in total. The summed E-state index contributed by atoms with van der Waals surface area (Å²) in [4.78, 5) is 5.09. The van der Waals surface area contributed by atoms with Crippen molar-refractivity contribution in [2.24, 2.45) is 4.99 Å². The predicted molar refractivity (Wildman–Crippen MR) is 104 cm³/mol. The van der Waals surface area contributed by atoms with Gasteiger partial charge in [0.25, 0.3) is 0 Å². The lowest BCUT2D eigenvalue weighted by Gasteiger charge is -2.36. The number of aromatic nitrogens is 2. The number of fused-ring (bicyclic) bond motifs is 2. The van der Waals surface area contributed by atoms with Crippen LogP contribution in [0.5, 0.6) is 0 Å². The van der Waals surface area contributed by atoms with Crippen LogP contribution < -0.4 is 0 Å². The Morgan fingerprint density at radius 2 is 1.64 bits per heavy atom. The summed E-state index contributed by atoms with van der Waals surface area (Å²) in [5.41, 5.74) is 7.62. The van der Waals surface area contributed by atoms with Gasteiger partial charge in [-0.2, -0.15) is 0 Å². The van der Waals surface area contributed by atoms with Gasteiger partial charge in [0.05, 0.1) is 16.8 Å². The molecule has 3 aromatic rings. The molecule has 4 rings (SSSR count). The van der Waals surface area contributed by atoms with Gasteiger partial charge in [-0.1, -0.05) is 43.3 Å². The topological polar surface area (TPSA) is 38.1 Å². The number of aliphatic imine (C=N–C) groups is 1. The van der Waals surface area contributed by atoms with Crippen molar-refractivity contribution >= 4 is 16.6 Å². The molecule has 126 valence electrons. The summed E-state index contributed by atoms with van der Waals surface area (Å²) in [5.74, 6) is 0.364. The van der Waals surface area contributed by atoms with E-state index in [0.29, 0.717) is 5.92 Å². The molecule has 2 heterocycles. The number of nitrogens with zero attached hydrogens (tertiary/aromatic N) is 3. The van der Waals surface area contributed by atoms with Crippen molar-refractivity contribution in [1.29, 1.82) is 0 Å². The van der Waals surface area contributed by atoms with Crippen molar-refractivity contribution in [1.82, 2.24) is 10.2 Å². The number of benzene rings is 2. The summed E-state index contributed by atoms with van der Waals surface area (Å²) in [6.07, 6.45) is 0. The number of hydrogen-bond donors (Lipinski definition) is 0. The Balaban J connectivity index is 1.97. The molecule has 1 aliphatic heterocycles. The molecule has 25 heavy (non-hydrogen) atoms. The number of rotatable bonds is 1. The standard InChI is InChI=1S/C22H23N3/c1-13-8-7-11-17-19(13)15(3)22(4,5)23-21(17)18-12-16-10-6-9-14(2)20(16)25-24-18/h6-12,15H,1-5H3. The highest BCUT2D eigenvalue weighted by Gasteiger charge is 2.35. The van der Waals surface area contributed by atoms with Crippen LogP contribution in [0.2, 0.25) is 0 Å². The van der Waals surface area contributed by atoms with Crippen LogP contribution in [0.4, 0.5) is 0 Å². The first-order valence-corrected chi connectivity index (χ1v) is 8.81. The molecule has 1 unspecified atom stereocenters. The van der Waals surface area contributed by atoms with E-state index in [1.807, 2.05) is 0 Å². The van der Waals surface area contributed by atoms with Gasteiger partial charge in [-0.05, 0) is 50.5 Å². The van der Waals surface area contributed by atoms with Crippen molar-refractivity contribution in [3.63, 3.8) is 0 Å². The minimum absolute atomic E-state index is 0.169. The van der Waals surface area contributed by atoms with Crippen molar-refractivity contribution < 1.29 is 0 Å². The zero-order valence-electron chi connectivity index (χ0n) is 15.5. The summed E-state index contributed by atoms with van der Waals surface area (Å²) >= 11 is 0. The van der Waals surface area contributed by atoms with Crippen LogP contribution in [0.3, 0.4) is 0 Å². The molecule has 1 aromatic heterocycles. The molecule has 0 fully saturated rings.